The van der Waals surface area contributed by atoms with Crippen LogP contribution in [0.5, 0.6) is 0 Å². The van der Waals surface area contributed by atoms with Crippen molar-refractivity contribution in [3.63, 3.8) is 0 Å². The standard InChI is InChI=1S/C13H16F3NO3S/c1-17(9-12(18)7-2-8-12)21(19,20)11-5-3-10(4-6-11)13(14,15)16/h3-6,18H,2,7-9H2,1H3. The Morgan fingerprint density at radius 3 is 2.14 bits per heavy atom. The molecule has 21 heavy (non-hydrogen) atoms. The van der Waals surface area contributed by atoms with E-state index in [0.29, 0.717) is 12.8 Å². The molecule has 1 aromatic rings. The van der Waals surface area contributed by atoms with Crippen molar-refractivity contribution >= 4 is 10.0 Å². The van der Waals surface area contributed by atoms with E-state index in [2.05, 4.69) is 0 Å². The minimum absolute atomic E-state index is 0.0592. The Labute approximate surface area is 121 Å². The van der Waals surface area contributed by atoms with E-state index in [4.69, 9.17) is 0 Å². The van der Waals surface area contributed by atoms with Gasteiger partial charge in [-0.25, -0.2) is 8.42 Å². The van der Waals surface area contributed by atoms with Crippen LogP contribution in [0, 0.1) is 0 Å². The van der Waals surface area contributed by atoms with Crippen LogP contribution >= 0.6 is 0 Å². The first kappa shape index (κ1) is 16.3. The molecule has 0 bridgehead atoms. The first-order chi connectivity index (χ1) is 9.55. The number of hydrogen-bond donors (Lipinski definition) is 1. The van der Waals surface area contributed by atoms with Gasteiger partial charge in [-0.15, -0.1) is 0 Å². The maximum Gasteiger partial charge on any atom is 0.416 e. The van der Waals surface area contributed by atoms with Crippen molar-refractivity contribution in [3.05, 3.63) is 29.8 Å². The van der Waals surface area contributed by atoms with Gasteiger partial charge < -0.3 is 5.11 Å². The monoisotopic (exact) mass is 323 g/mol. The highest BCUT2D eigenvalue weighted by Crippen LogP contribution is 2.34. The van der Waals surface area contributed by atoms with E-state index in [1.807, 2.05) is 0 Å². The Hall–Kier alpha value is -1.12. The lowest BCUT2D eigenvalue weighted by Gasteiger charge is -2.39. The molecular formula is C13H16F3NO3S. The highest BCUT2D eigenvalue weighted by atomic mass is 32.2. The van der Waals surface area contributed by atoms with Crippen molar-refractivity contribution in [1.29, 1.82) is 0 Å². The maximum absolute atomic E-state index is 12.5. The highest BCUT2D eigenvalue weighted by Gasteiger charge is 2.38. The van der Waals surface area contributed by atoms with Crippen molar-refractivity contribution in [3.8, 4) is 0 Å². The zero-order valence-corrected chi connectivity index (χ0v) is 12.2. The van der Waals surface area contributed by atoms with Crippen LogP contribution in [0.15, 0.2) is 29.2 Å². The lowest BCUT2D eigenvalue weighted by atomic mass is 9.80. The molecule has 118 valence electrons. The van der Waals surface area contributed by atoms with Crippen molar-refractivity contribution in [2.45, 2.75) is 35.9 Å². The van der Waals surface area contributed by atoms with E-state index < -0.39 is 27.4 Å². The second kappa shape index (κ2) is 5.26. The van der Waals surface area contributed by atoms with E-state index >= 15 is 0 Å². The van der Waals surface area contributed by atoms with Crippen LogP contribution < -0.4 is 0 Å². The Morgan fingerprint density at radius 2 is 1.76 bits per heavy atom. The summed E-state index contributed by atoms with van der Waals surface area (Å²) in [6.07, 6.45) is -2.61. The Kier molecular flexibility index (Phi) is 4.07. The van der Waals surface area contributed by atoms with Gasteiger partial charge in [-0.1, -0.05) is 0 Å². The Bertz CT molecular complexity index is 607. The van der Waals surface area contributed by atoms with Gasteiger partial charge >= 0.3 is 6.18 Å². The number of halogens is 3. The number of nitrogens with zero attached hydrogens (tertiary/aromatic N) is 1. The van der Waals surface area contributed by atoms with Crippen LogP contribution in [0.25, 0.3) is 0 Å². The lowest BCUT2D eigenvalue weighted by Crippen LogP contribution is -2.48. The first-order valence-corrected chi connectivity index (χ1v) is 7.85. The number of hydrogen-bond acceptors (Lipinski definition) is 3. The minimum atomic E-state index is -4.50. The average molecular weight is 323 g/mol. The SMILES string of the molecule is CN(CC1(O)CCC1)S(=O)(=O)c1ccc(C(F)(F)F)cc1. The number of aliphatic hydroxyl groups is 1. The molecule has 0 unspecified atom stereocenters. The average Bonchev–Trinajstić information content (AvgIpc) is 2.36. The predicted octanol–water partition coefficient (Wildman–Crippen LogP) is 2.24. The smallest absolute Gasteiger partial charge is 0.389 e. The molecular weight excluding hydrogens is 307 g/mol. The quantitative estimate of drug-likeness (QED) is 0.924. The molecule has 1 saturated carbocycles. The maximum atomic E-state index is 12.5. The number of sulfonamides is 1. The third kappa shape index (κ3) is 3.38. The summed E-state index contributed by atoms with van der Waals surface area (Å²) >= 11 is 0. The topological polar surface area (TPSA) is 57.6 Å². The normalized spacial score (nSPS) is 18.6. The Balaban J connectivity index is 2.19. The molecule has 0 heterocycles. The van der Waals surface area contributed by atoms with Crippen molar-refractivity contribution in [2.75, 3.05) is 13.6 Å². The third-order valence-electron chi connectivity index (χ3n) is 3.69. The predicted molar refractivity (Wildman–Crippen MR) is 70.1 cm³/mol. The minimum Gasteiger partial charge on any atom is -0.389 e. The summed E-state index contributed by atoms with van der Waals surface area (Å²) in [4.78, 5) is -0.221. The molecule has 1 aliphatic rings. The summed E-state index contributed by atoms with van der Waals surface area (Å²) in [6, 6.07) is 3.33. The molecule has 1 aliphatic carbocycles. The number of alkyl halides is 3. The van der Waals surface area contributed by atoms with Gasteiger partial charge in [0.15, 0.2) is 0 Å². The molecule has 8 heteroatoms. The first-order valence-electron chi connectivity index (χ1n) is 6.41. The second-order valence-corrected chi connectivity index (χ2v) is 7.41. The summed E-state index contributed by atoms with van der Waals surface area (Å²) < 4.78 is 62.8. The van der Waals surface area contributed by atoms with Crippen molar-refractivity contribution < 1.29 is 26.7 Å². The van der Waals surface area contributed by atoms with Crippen LogP contribution in [-0.4, -0.2) is 37.0 Å². The number of benzene rings is 1. The summed E-state index contributed by atoms with van der Waals surface area (Å²) in [6.45, 7) is -0.0592. The fourth-order valence-corrected chi connectivity index (χ4v) is 3.49. The molecule has 1 fully saturated rings. The largest absolute Gasteiger partial charge is 0.416 e. The molecule has 0 spiro atoms. The summed E-state index contributed by atoms with van der Waals surface area (Å²) in [5.74, 6) is 0. The van der Waals surface area contributed by atoms with E-state index in [0.717, 1.165) is 35.0 Å². The second-order valence-electron chi connectivity index (χ2n) is 5.36. The van der Waals surface area contributed by atoms with Gasteiger partial charge in [0.25, 0.3) is 0 Å². The lowest BCUT2D eigenvalue weighted by molar-refractivity contribution is -0.137. The van der Waals surface area contributed by atoms with E-state index in [-0.39, 0.29) is 11.4 Å². The zero-order chi connectivity index (χ0) is 15.9. The molecule has 0 aliphatic heterocycles. The van der Waals surface area contributed by atoms with Gasteiger partial charge in [-0.05, 0) is 43.5 Å². The van der Waals surface area contributed by atoms with Gasteiger partial charge in [0.05, 0.1) is 16.1 Å². The van der Waals surface area contributed by atoms with E-state index in [1.165, 1.54) is 7.05 Å². The fourth-order valence-electron chi connectivity index (χ4n) is 2.24. The van der Waals surface area contributed by atoms with Crippen LogP contribution in [-0.2, 0) is 16.2 Å². The van der Waals surface area contributed by atoms with Crippen LogP contribution in [0.3, 0.4) is 0 Å². The molecule has 1 N–H and O–H groups in total. The summed E-state index contributed by atoms with van der Waals surface area (Å²) in [5.41, 5.74) is -1.92. The molecule has 0 atom stereocenters. The number of rotatable bonds is 4. The van der Waals surface area contributed by atoms with Gasteiger partial charge in [0.2, 0.25) is 10.0 Å². The number of likely N-dealkylation sites (N-methyl/N-ethyl adjacent to an activating group) is 1. The zero-order valence-electron chi connectivity index (χ0n) is 11.4. The molecule has 2 rings (SSSR count). The van der Waals surface area contributed by atoms with E-state index in [1.54, 1.807) is 0 Å². The molecule has 0 aromatic heterocycles. The van der Waals surface area contributed by atoms with E-state index in [9.17, 15) is 26.7 Å². The van der Waals surface area contributed by atoms with Gasteiger partial charge in [-0.2, -0.15) is 17.5 Å². The third-order valence-corrected chi connectivity index (χ3v) is 5.51. The van der Waals surface area contributed by atoms with Crippen molar-refractivity contribution in [2.24, 2.45) is 0 Å². The van der Waals surface area contributed by atoms with Gasteiger partial charge in [0, 0.05) is 13.6 Å². The van der Waals surface area contributed by atoms with Crippen LogP contribution in [0.1, 0.15) is 24.8 Å². The van der Waals surface area contributed by atoms with Crippen LogP contribution in [0.2, 0.25) is 0 Å². The molecule has 0 amide bonds. The molecule has 0 radical (unpaired) electrons. The summed E-state index contributed by atoms with van der Waals surface area (Å²) in [5, 5.41) is 9.99. The van der Waals surface area contributed by atoms with Crippen LogP contribution in [0.4, 0.5) is 13.2 Å². The molecule has 4 nitrogen and oxygen atoms in total. The molecule has 1 aromatic carbocycles. The van der Waals surface area contributed by atoms with Gasteiger partial charge in [0.1, 0.15) is 0 Å². The Morgan fingerprint density at radius 1 is 1.24 bits per heavy atom. The van der Waals surface area contributed by atoms with Gasteiger partial charge in [-0.3, -0.25) is 0 Å². The fraction of sp³-hybridized carbons (Fsp3) is 0.538. The molecule has 0 saturated heterocycles. The van der Waals surface area contributed by atoms with Crippen molar-refractivity contribution in [1.82, 2.24) is 4.31 Å². The summed E-state index contributed by atoms with van der Waals surface area (Å²) in [7, 11) is -2.60. The highest BCUT2D eigenvalue weighted by molar-refractivity contribution is 7.89.